The van der Waals surface area contributed by atoms with E-state index in [1.54, 1.807) is 25.2 Å². The van der Waals surface area contributed by atoms with E-state index in [1.165, 1.54) is 5.56 Å². The number of hydrogen-bond acceptors (Lipinski definition) is 4. The van der Waals surface area contributed by atoms with Crippen LogP contribution in [0.3, 0.4) is 0 Å². The number of hydrogen-bond donors (Lipinski definition) is 1. The quantitative estimate of drug-likeness (QED) is 0.915. The molecule has 1 aromatic heterocycles. The molecule has 1 N–H and O–H groups in total. The van der Waals surface area contributed by atoms with E-state index in [4.69, 9.17) is 4.74 Å². The fourth-order valence-electron chi connectivity index (χ4n) is 1.82. The molecule has 1 heterocycles. The topological polar surface area (TPSA) is 42.4 Å². The van der Waals surface area contributed by atoms with E-state index in [0.717, 1.165) is 28.4 Å². The molecular weight excluding hydrogens is 270 g/mol. The third-order valence-corrected chi connectivity index (χ3v) is 4.00. The molecule has 0 spiro atoms. The van der Waals surface area contributed by atoms with Gasteiger partial charge < -0.3 is 9.84 Å². The first-order valence-corrected chi connectivity index (χ1v) is 7.61. The molecule has 20 heavy (non-hydrogen) atoms. The number of ether oxygens (including phenoxy) is 1. The molecule has 0 fully saturated rings. The van der Waals surface area contributed by atoms with Gasteiger partial charge in [0.1, 0.15) is 11.4 Å². The second-order valence-corrected chi connectivity index (χ2v) is 6.50. The highest BCUT2D eigenvalue weighted by Gasteiger charge is 2.19. The van der Waals surface area contributed by atoms with Crippen molar-refractivity contribution >= 4 is 11.3 Å². The predicted octanol–water partition coefficient (Wildman–Crippen LogP) is 3.61. The largest absolute Gasteiger partial charge is 0.493 e. The van der Waals surface area contributed by atoms with Crippen LogP contribution in [0.25, 0.3) is 0 Å². The molecule has 0 aliphatic rings. The van der Waals surface area contributed by atoms with Crippen LogP contribution in [0.4, 0.5) is 0 Å². The normalized spacial score (nSPS) is 11.7. The highest BCUT2D eigenvalue weighted by Crippen LogP contribution is 2.23. The Hall–Kier alpha value is -1.39. The Bertz CT molecular complexity index is 584. The van der Waals surface area contributed by atoms with E-state index in [9.17, 15) is 5.11 Å². The summed E-state index contributed by atoms with van der Waals surface area (Å²) in [7, 11) is 0. The lowest BCUT2D eigenvalue weighted by molar-refractivity contribution is 0.0743. The number of aryl methyl sites for hydroxylation is 2. The van der Waals surface area contributed by atoms with Gasteiger partial charge >= 0.3 is 0 Å². The lowest BCUT2D eigenvalue weighted by atomic mass is 10.1. The van der Waals surface area contributed by atoms with Crippen molar-refractivity contribution < 1.29 is 9.84 Å². The van der Waals surface area contributed by atoms with E-state index in [2.05, 4.69) is 30.1 Å². The summed E-state index contributed by atoms with van der Waals surface area (Å²) in [6, 6.07) is 6.21. The Balaban J connectivity index is 1.93. The van der Waals surface area contributed by atoms with Gasteiger partial charge in [0.2, 0.25) is 0 Å². The second kappa shape index (κ2) is 5.94. The summed E-state index contributed by atoms with van der Waals surface area (Å²) in [5.74, 6) is 0.935. The molecule has 0 amide bonds. The van der Waals surface area contributed by atoms with E-state index >= 15 is 0 Å². The van der Waals surface area contributed by atoms with Crippen LogP contribution in [0.15, 0.2) is 23.6 Å². The molecule has 1 aromatic carbocycles. The summed E-state index contributed by atoms with van der Waals surface area (Å²) >= 11 is 1.57. The van der Waals surface area contributed by atoms with Crippen molar-refractivity contribution in [2.45, 2.75) is 39.7 Å². The van der Waals surface area contributed by atoms with Crippen molar-refractivity contribution in [1.29, 1.82) is 0 Å². The van der Waals surface area contributed by atoms with Crippen molar-refractivity contribution in [3.05, 3.63) is 45.4 Å². The second-order valence-electron chi connectivity index (χ2n) is 5.55. The molecule has 0 radical (unpaired) electrons. The average molecular weight is 291 g/mol. The minimum absolute atomic E-state index is 0.600. The number of rotatable bonds is 5. The van der Waals surface area contributed by atoms with Crippen LogP contribution in [0.1, 0.15) is 35.7 Å². The van der Waals surface area contributed by atoms with Gasteiger partial charge in [0.15, 0.2) is 0 Å². The summed E-state index contributed by atoms with van der Waals surface area (Å²) in [6.07, 6.45) is 0.758. The molecule has 2 aromatic rings. The summed E-state index contributed by atoms with van der Waals surface area (Å²) in [4.78, 5) is 4.44. The number of benzene rings is 1. The Morgan fingerprint density at radius 2 is 2.05 bits per heavy atom. The van der Waals surface area contributed by atoms with Gasteiger partial charge in [-0.25, -0.2) is 4.98 Å². The van der Waals surface area contributed by atoms with Gasteiger partial charge in [-0.2, -0.15) is 0 Å². The fraction of sp³-hybridized carbons (Fsp3) is 0.438. The molecule has 0 saturated heterocycles. The Kier molecular flexibility index (Phi) is 4.45. The molecule has 0 atom stereocenters. The monoisotopic (exact) mass is 291 g/mol. The summed E-state index contributed by atoms with van der Waals surface area (Å²) in [6.45, 7) is 8.20. The third kappa shape index (κ3) is 3.81. The fourth-order valence-corrected chi connectivity index (χ4v) is 2.76. The minimum atomic E-state index is -0.872. The van der Waals surface area contributed by atoms with Crippen LogP contribution in [-0.4, -0.2) is 16.7 Å². The SMILES string of the molecule is Cc1ccc(C)c(OCCc2nc(C(C)(C)O)cs2)c1. The maximum atomic E-state index is 9.89. The molecule has 2 rings (SSSR count). The van der Waals surface area contributed by atoms with Crippen molar-refractivity contribution in [3.63, 3.8) is 0 Å². The molecule has 3 nitrogen and oxygen atoms in total. The highest BCUT2D eigenvalue weighted by atomic mass is 32.1. The smallest absolute Gasteiger partial charge is 0.122 e. The van der Waals surface area contributed by atoms with Crippen LogP contribution in [-0.2, 0) is 12.0 Å². The Morgan fingerprint density at radius 3 is 2.70 bits per heavy atom. The van der Waals surface area contributed by atoms with Gasteiger partial charge in [0.05, 0.1) is 17.3 Å². The zero-order valence-corrected chi connectivity index (χ0v) is 13.3. The molecule has 0 saturated carbocycles. The van der Waals surface area contributed by atoms with Gasteiger partial charge in [-0.1, -0.05) is 12.1 Å². The van der Waals surface area contributed by atoms with E-state index < -0.39 is 5.60 Å². The first kappa shape index (κ1) is 15.0. The van der Waals surface area contributed by atoms with Gasteiger partial charge in [0, 0.05) is 11.8 Å². The van der Waals surface area contributed by atoms with Crippen LogP contribution in [0.2, 0.25) is 0 Å². The van der Waals surface area contributed by atoms with E-state index in [-0.39, 0.29) is 0 Å². The molecule has 0 unspecified atom stereocenters. The lowest BCUT2D eigenvalue weighted by Gasteiger charge is -2.13. The molecule has 0 bridgehead atoms. The van der Waals surface area contributed by atoms with Gasteiger partial charge in [-0.3, -0.25) is 0 Å². The van der Waals surface area contributed by atoms with E-state index in [0.29, 0.717) is 6.61 Å². The zero-order chi connectivity index (χ0) is 14.8. The van der Waals surface area contributed by atoms with Crippen LogP contribution in [0, 0.1) is 13.8 Å². The van der Waals surface area contributed by atoms with Gasteiger partial charge in [-0.05, 0) is 44.9 Å². The zero-order valence-electron chi connectivity index (χ0n) is 12.4. The van der Waals surface area contributed by atoms with E-state index in [1.807, 2.05) is 12.3 Å². The van der Waals surface area contributed by atoms with Gasteiger partial charge in [0.25, 0.3) is 0 Å². The number of aromatic nitrogens is 1. The Morgan fingerprint density at radius 1 is 1.30 bits per heavy atom. The maximum Gasteiger partial charge on any atom is 0.122 e. The Labute approximate surface area is 124 Å². The predicted molar refractivity (Wildman–Crippen MR) is 82.5 cm³/mol. The molecule has 4 heteroatoms. The summed E-state index contributed by atoms with van der Waals surface area (Å²) < 4.78 is 5.82. The molecule has 108 valence electrons. The number of aliphatic hydroxyl groups is 1. The van der Waals surface area contributed by atoms with Gasteiger partial charge in [-0.15, -0.1) is 11.3 Å². The average Bonchev–Trinajstić information content (AvgIpc) is 2.82. The van der Waals surface area contributed by atoms with Crippen LogP contribution >= 0.6 is 11.3 Å². The summed E-state index contributed by atoms with van der Waals surface area (Å²) in [5, 5.41) is 12.8. The number of thiazole rings is 1. The van der Waals surface area contributed by atoms with Crippen molar-refractivity contribution in [1.82, 2.24) is 4.98 Å². The standard InChI is InChI=1S/C16H21NO2S/c1-11-5-6-12(2)13(9-11)19-8-7-15-17-14(10-20-15)16(3,4)18/h5-6,9-10,18H,7-8H2,1-4H3. The molecule has 0 aliphatic carbocycles. The first-order chi connectivity index (χ1) is 9.36. The highest BCUT2D eigenvalue weighted by molar-refractivity contribution is 7.09. The van der Waals surface area contributed by atoms with Crippen molar-refractivity contribution in [2.75, 3.05) is 6.61 Å². The summed E-state index contributed by atoms with van der Waals surface area (Å²) in [5.41, 5.74) is 2.20. The minimum Gasteiger partial charge on any atom is -0.493 e. The molecular formula is C16H21NO2S. The molecule has 0 aliphatic heterocycles. The first-order valence-electron chi connectivity index (χ1n) is 6.73. The van der Waals surface area contributed by atoms with Crippen LogP contribution < -0.4 is 4.74 Å². The maximum absolute atomic E-state index is 9.89. The van der Waals surface area contributed by atoms with Crippen molar-refractivity contribution in [3.8, 4) is 5.75 Å². The van der Waals surface area contributed by atoms with Crippen molar-refractivity contribution in [2.24, 2.45) is 0 Å². The number of nitrogens with zero attached hydrogens (tertiary/aromatic N) is 1. The lowest BCUT2D eigenvalue weighted by Crippen LogP contribution is -2.16. The van der Waals surface area contributed by atoms with Crippen LogP contribution in [0.5, 0.6) is 5.75 Å². The third-order valence-electron chi connectivity index (χ3n) is 3.10.